The van der Waals surface area contributed by atoms with Crippen molar-refractivity contribution in [1.29, 1.82) is 0 Å². The molecule has 0 bridgehead atoms. The van der Waals surface area contributed by atoms with Crippen molar-refractivity contribution in [2.24, 2.45) is 5.41 Å². The lowest BCUT2D eigenvalue weighted by Crippen LogP contribution is -1.99. The fourth-order valence-corrected chi connectivity index (χ4v) is 3.59. The number of rotatable bonds is 0. The average Bonchev–Trinajstić information content (AvgIpc) is 2.73. The summed E-state index contributed by atoms with van der Waals surface area (Å²) in [6.07, 6.45) is 15.3. The highest BCUT2D eigenvalue weighted by Crippen LogP contribution is 2.55. The smallest absolute Gasteiger partial charge is 0.00726 e. The monoisotopic (exact) mass is 178 g/mol. The molecule has 2 aliphatic rings. The van der Waals surface area contributed by atoms with Crippen LogP contribution in [0.3, 0.4) is 0 Å². The van der Waals surface area contributed by atoms with Crippen molar-refractivity contribution < 1.29 is 0 Å². The molecule has 0 saturated heterocycles. The Morgan fingerprint density at radius 1 is 1.08 bits per heavy atom. The van der Waals surface area contributed by atoms with E-state index in [9.17, 15) is 0 Å². The lowest BCUT2D eigenvalue weighted by molar-refractivity contribution is 0.759. The van der Waals surface area contributed by atoms with Crippen molar-refractivity contribution in [2.45, 2.75) is 12.8 Å². The van der Waals surface area contributed by atoms with Gasteiger partial charge in [-0.25, -0.2) is 0 Å². The van der Waals surface area contributed by atoms with Crippen LogP contribution in [0, 0.1) is 5.41 Å². The van der Waals surface area contributed by atoms with Gasteiger partial charge in [-0.05, 0) is 31.1 Å². The molecule has 1 heteroatoms. The lowest BCUT2D eigenvalue weighted by atomic mass is 10.1. The molecule has 1 unspecified atom stereocenters. The first-order valence-electron chi connectivity index (χ1n) is 4.54. The molecule has 0 nitrogen and oxygen atoms in total. The van der Waals surface area contributed by atoms with Crippen LogP contribution in [0.5, 0.6) is 0 Å². The summed E-state index contributed by atoms with van der Waals surface area (Å²) < 4.78 is 0. The van der Waals surface area contributed by atoms with E-state index in [1.807, 2.05) is 0 Å². The highest BCUT2D eigenvalue weighted by Gasteiger charge is 2.40. The van der Waals surface area contributed by atoms with Crippen LogP contribution in [0.15, 0.2) is 36.2 Å². The summed E-state index contributed by atoms with van der Waals surface area (Å²) in [5.74, 6) is 2.37. The van der Waals surface area contributed by atoms with Crippen molar-refractivity contribution in [1.82, 2.24) is 0 Å². The van der Waals surface area contributed by atoms with Gasteiger partial charge in [-0.15, -0.1) is 0 Å². The summed E-state index contributed by atoms with van der Waals surface area (Å²) in [7, 11) is 0.139. The van der Waals surface area contributed by atoms with E-state index in [0.29, 0.717) is 5.41 Å². The fraction of sp³-hybridized carbons (Fsp3) is 0.455. The van der Waals surface area contributed by atoms with Crippen LogP contribution < -0.4 is 0 Å². The van der Waals surface area contributed by atoms with Crippen LogP contribution in [0.4, 0.5) is 0 Å². The first kappa shape index (κ1) is 8.26. The quantitative estimate of drug-likeness (QED) is 0.498. The number of allylic oxidation sites excluding steroid dienone is 5. The maximum absolute atomic E-state index is 2.41. The van der Waals surface area contributed by atoms with E-state index in [-0.39, 0.29) is 7.92 Å². The van der Waals surface area contributed by atoms with Gasteiger partial charge >= 0.3 is 0 Å². The molecule has 1 saturated carbocycles. The molecule has 12 heavy (non-hydrogen) atoms. The van der Waals surface area contributed by atoms with Gasteiger partial charge in [0.05, 0.1) is 0 Å². The zero-order valence-corrected chi connectivity index (χ0v) is 8.43. The third-order valence-electron chi connectivity index (χ3n) is 2.58. The molecule has 1 spiro atoms. The van der Waals surface area contributed by atoms with Crippen molar-refractivity contribution in [3.63, 3.8) is 0 Å². The molecule has 1 aliphatic carbocycles. The van der Waals surface area contributed by atoms with Gasteiger partial charge < -0.3 is 0 Å². The summed E-state index contributed by atoms with van der Waals surface area (Å²) in [5.41, 5.74) is 0.611. The topological polar surface area (TPSA) is 0 Å². The van der Waals surface area contributed by atoms with Gasteiger partial charge in [0.15, 0.2) is 0 Å². The fourth-order valence-electron chi connectivity index (χ4n) is 1.67. The molecule has 0 aromatic rings. The normalized spacial score (nSPS) is 39.2. The van der Waals surface area contributed by atoms with Crippen LogP contribution in [0.25, 0.3) is 0 Å². The van der Waals surface area contributed by atoms with E-state index in [1.165, 1.54) is 19.0 Å². The Labute approximate surface area is 75.8 Å². The lowest BCUT2D eigenvalue weighted by Gasteiger charge is -2.13. The van der Waals surface area contributed by atoms with Crippen LogP contribution in [-0.2, 0) is 0 Å². The zero-order valence-electron chi connectivity index (χ0n) is 7.53. The molecular weight excluding hydrogens is 163 g/mol. The Morgan fingerprint density at radius 3 is 2.58 bits per heavy atom. The Hall–Kier alpha value is -0.350. The van der Waals surface area contributed by atoms with E-state index in [0.717, 1.165) is 0 Å². The molecule has 1 heterocycles. The Balaban J connectivity index is 2.15. The largest absolute Gasteiger partial charge is 0.0856 e. The van der Waals surface area contributed by atoms with Gasteiger partial charge in [0.1, 0.15) is 0 Å². The van der Waals surface area contributed by atoms with Gasteiger partial charge in [0, 0.05) is 0 Å². The van der Waals surface area contributed by atoms with Crippen molar-refractivity contribution >= 4 is 7.92 Å². The summed E-state index contributed by atoms with van der Waals surface area (Å²) in [5, 5.41) is 0. The summed E-state index contributed by atoms with van der Waals surface area (Å²) in [4.78, 5) is 0. The SMILES string of the molecule is CP1\C=C/C=C\C=C/C2(CC2)C1. The summed E-state index contributed by atoms with van der Waals surface area (Å²) >= 11 is 0. The molecule has 0 radical (unpaired) electrons. The maximum Gasteiger partial charge on any atom is -0.00726 e. The van der Waals surface area contributed by atoms with Gasteiger partial charge in [-0.2, -0.15) is 0 Å². The average molecular weight is 178 g/mol. The first-order valence-corrected chi connectivity index (χ1v) is 6.58. The second-order valence-corrected chi connectivity index (χ2v) is 5.99. The molecule has 2 rings (SSSR count). The third kappa shape index (κ3) is 1.87. The highest BCUT2D eigenvalue weighted by molar-refractivity contribution is 7.60. The molecule has 0 N–H and O–H groups in total. The third-order valence-corrected chi connectivity index (χ3v) is 4.39. The molecule has 0 aromatic heterocycles. The molecule has 0 amide bonds. The molecular formula is C11H15P. The van der Waals surface area contributed by atoms with Crippen molar-refractivity contribution in [3.8, 4) is 0 Å². The Kier molecular flexibility index (Phi) is 2.19. The Morgan fingerprint density at radius 2 is 1.83 bits per heavy atom. The minimum absolute atomic E-state index is 0.139. The molecule has 1 fully saturated rings. The van der Waals surface area contributed by atoms with Crippen LogP contribution in [0.2, 0.25) is 0 Å². The van der Waals surface area contributed by atoms with Crippen LogP contribution in [-0.4, -0.2) is 12.8 Å². The van der Waals surface area contributed by atoms with Gasteiger partial charge in [0.25, 0.3) is 0 Å². The van der Waals surface area contributed by atoms with Gasteiger partial charge in [0.2, 0.25) is 0 Å². The minimum atomic E-state index is 0.139. The predicted octanol–water partition coefficient (Wildman–Crippen LogP) is 3.52. The molecule has 1 aliphatic heterocycles. The van der Waals surface area contributed by atoms with Crippen molar-refractivity contribution in [2.75, 3.05) is 12.8 Å². The summed E-state index contributed by atoms with van der Waals surface area (Å²) in [6.45, 7) is 2.37. The second kappa shape index (κ2) is 3.18. The highest BCUT2D eigenvalue weighted by atomic mass is 31.1. The van der Waals surface area contributed by atoms with E-state index >= 15 is 0 Å². The predicted molar refractivity (Wildman–Crippen MR) is 56.8 cm³/mol. The number of hydrogen-bond donors (Lipinski definition) is 0. The summed E-state index contributed by atoms with van der Waals surface area (Å²) in [6, 6.07) is 0. The molecule has 0 aromatic carbocycles. The van der Waals surface area contributed by atoms with E-state index in [4.69, 9.17) is 0 Å². The van der Waals surface area contributed by atoms with Crippen molar-refractivity contribution in [3.05, 3.63) is 36.2 Å². The molecule has 1 atom stereocenters. The van der Waals surface area contributed by atoms with Crippen LogP contribution >= 0.6 is 7.92 Å². The van der Waals surface area contributed by atoms with Gasteiger partial charge in [-0.1, -0.05) is 44.1 Å². The van der Waals surface area contributed by atoms with Crippen LogP contribution in [0.1, 0.15) is 12.8 Å². The number of hydrogen-bond acceptors (Lipinski definition) is 0. The van der Waals surface area contributed by atoms with E-state index < -0.39 is 0 Å². The second-order valence-electron chi connectivity index (χ2n) is 3.86. The first-order chi connectivity index (χ1) is 5.81. The standard InChI is InChI=1S/C11H15P/c1-12-9-5-3-2-4-6-11(10-12)7-8-11/h2-6,9H,7-8,10H2,1H3/b3-2-,6-4-,9-5-. The molecule has 64 valence electrons. The van der Waals surface area contributed by atoms with Gasteiger partial charge in [-0.3, -0.25) is 0 Å². The van der Waals surface area contributed by atoms with E-state index in [2.05, 4.69) is 42.9 Å². The minimum Gasteiger partial charge on any atom is -0.0856 e. The van der Waals surface area contributed by atoms with E-state index in [1.54, 1.807) is 0 Å². The Bertz CT molecular complexity index is 244. The maximum atomic E-state index is 2.41. The zero-order chi connectivity index (χ0) is 8.44.